The smallest absolute Gasteiger partial charge is 0.0646 e. The van der Waals surface area contributed by atoms with Crippen LogP contribution >= 0.6 is 0 Å². The Bertz CT molecular complexity index is 379. The summed E-state index contributed by atoms with van der Waals surface area (Å²) in [7, 11) is 2.22. The van der Waals surface area contributed by atoms with Crippen LogP contribution in [0.3, 0.4) is 0 Å². The van der Waals surface area contributed by atoms with Gasteiger partial charge in [-0.1, -0.05) is 13.8 Å². The molecule has 0 bridgehead atoms. The first-order valence-corrected chi connectivity index (χ1v) is 6.65. The van der Waals surface area contributed by atoms with Crippen molar-refractivity contribution in [1.29, 1.82) is 0 Å². The summed E-state index contributed by atoms with van der Waals surface area (Å²) in [6, 6.07) is 0.542. The van der Waals surface area contributed by atoms with Crippen molar-refractivity contribution < 1.29 is 0 Å². The SMILES string of the molecule is CC(C)c1cnn(C2CCC(C)(C)N(C)C2)c1. The lowest BCUT2D eigenvalue weighted by Gasteiger charge is -2.43. The number of hydrogen-bond donors (Lipinski definition) is 0. The summed E-state index contributed by atoms with van der Waals surface area (Å²) >= 11 is 0. The van der Waals surface area contributed by atoms with Gasteiger partial charge in [0, 0.05) is 18.3 Å². The lowest BCUT2D eigenvalue weighted by molar-refractivity contribution is 0.0713. The second-order valence-electron chi connectivity index (χ2n) is 6.29. The molecule has 3 heteroatoms. The predicted molar refractivity (Wildman–Crippen MR) is 71.3 cm³/mol. The van der Waals surface area contributed by atoms with Crippen molar-refractivity contribution in [3.8, 4) is 0 Å². The fourth-order valence-corrected chi connectivity index (χ4v) is 2.43. The van der Waals surface area contributed by atoms with Crippen molar-refractivity contribution in [3.63, 3.8) is 0 Å². The number of likely N-dealkylation sites (N-methyl/N-ethyl adjacent to an activating group) is 1. The summed E-state index contributed by atoms with van der Waals surface area (Å²) in [5.74, 6) is 0.571. The van der Waals surface area contributed by atoms with Gasteiger partial charge in [0.1, 0.15) is 0 Å². The molecule has 17 heavy (non-hydrogen) atoms. The van der Waals surface area contributed by atoms with Gasteiger partial charge < -0.3 is 0 Å². The number of aromatic nitrogens is 2. The van der Waals surface area contributed by atoms with Crippen LogP contribution in [0, 0.1) is 0 Å². The Balaban J connectivity index is 2.09. The Morgan fingerprint density at radius 3 is 2.65 bits per heavy atom. The van der Waals surface area contributed by atoms with Crippen LogP contribution in [0.2, 0.25) is 0 Å². The van der Waals surface area contributed by atoms with Gasteiger partial charge in [0.25, 0.3) is 0 Å². The molecule has 1 aromatic heterocycles. The number of piperidine rings is 1. The highest BCUT2D eigenvalue weighted by atomic mass is 15.3. The zero-order valence-corrected chi connectivity index (χ0v) is 11.8. The maximum absolute atomic E-state index is 4.53. The van der Waals surface area contributed by atoms with Gasteiger partial charge in [-0.25, -0.2) is 0 Å². The Morgan fingerprint density at radius 2 is 2.12 bits per heavy atom. The lowest BCUT2D eigenvalue weighted by Crippen LogP contribution is -2.48. The molecule has 1 unspecified atom stereocenters. The van der Waals surface area contributed by atoms with Crippen LogP contribution < -0.4 is 0 Å². The van der Waals surface area contributed by atoms with Crippen LogP contribution in [0.15, 0.2) is 12.4 Å². The van der Waals surface area contributed by atoms with E-state index in [9.17, 15) is 0 Å². The third-order valence-electron chi connectivity index (χ3n) is 4.27. The fraction of sp³-hybridized carbons (Fsp3) is 0.786. The van der Waals surface area contributed by atoms with Gasteiger partial charge in [0.2, 0.25) is 0 Å². The second kappa shape index (κ2) is 4.45. The predicted octanol–water partition coefficient (Wildman–Crippen LogP) is 3.05. The second-order valence-corrected chi connectivity index (χ2v) is 6.29. The highest BCUT2D eigenvalue weighted by Crippen LogP contribution is 2.31. The normalized spacial score (nSPS) is 25.4. The van der Waals surface area contributed by atoms with Crippen molar-refractivity contribution in [2.24, 2.45) is 0 Å². The number of rotatable bonds is 2. The Morgan fingerprint density at radius 1 is 1.41 bits per heavy atom. The standard InChI is InChI=1S/C14H25N3/c1-11(2)12-8-15-17(9-12)13-6-7-14(3,4)16(5)10-13/h8-9,11,13H,6-7,10H2,1-5H3. The minimum atomic E-state index is 0.338. The minimum absolute atomic E-state index is 0.338. The maximum Gasteiger partial charge on any atom is 0.0646 e. The van der Waals surface area contributed by atoms with E-state index in [2.05, 4.69) is 55.6 Å². The highest BCUT2D eigenvalue weighted by molar-refractivity contribution is 5.09. The van der Waals surface area contributed by atoms with Gasteiger partial charge in [-0.3, -0.25) is 9.58 Å². The molecule has 1 aromatic rings. The summed E-state index contributed by atoms with van der Waals surface area (Å²) in [5.41, 5.74) is 1.68. The van der Waals surface area contributed by atoms with Crippen molar-refractivity contribution in [2.75, 3.05) is 13.6 Å². The summed E-state index contributed by atoms with van der Waals surface area (Å²) < 4.78 is 2.17. The number of nitrogens with zero attached hydrogens (tertiary/aromatic N) is 3. The highest BCUT2D eigenvalue weighted by Gasteiger charge is 2.32. The Kier molecular flexibility index (Phi) is 3.30. The van der Waals surface area contributed by atoms with E-state index in [0.29, 0.717) is 17.5 Å². The molecule has 0 aliphatic carbocycles. The van der Waals surface area contributed by atoms with E-state index in [0.717, 1.165) is 6.54 Å². The molecule has 2 heterocycles. The topological polar surface area (TPSA) is 21.1 Å². The molecule has 1 atom stereocenters. The largest absolute Gasteiger partial charge is 0.299 e. The minimum Gasteiger partial charge on any atom is -0.299 e. The summed E-state index contributed by atoms with van der Waals surface area (Å²) in [5, 5.41) is 4.53. The van der Waals surface area contributed by atoms with E-state index in [4.69, 9.17) is 0 Å². The molecule has 0 aromatic carbocycles. The van der Waals surface area contributed by atoms with Crippen LogP contribution in [-0.4, -0.2) is 33.8 Å². The van der Waals surface area contributed by atoms with E-state index in [1.165, 1.54) is 18.4 Å². The van der Waals surface area contributed by atoms with Gasteiger partial charge in [0.15, 0.2) is 0 Å². The monoisotopic (exact) mass is 235 g/mol. The molecule has 1 fully saturated rings. The van der Waals surface area contributed by atoms with Crippen molar-refractivity contribution in [1.82, 2.24) is 14.7 Å². The first-order valence-electron chi connectivity index (χ1n) is 6.65. The van der Waals surface area contributed by atoms with E-state index in [1.54, 1.807) is 0 Å². The third-order valence-corrected chi connectivity index (χ3v) is 4.27. The molecular formula is C14H25N3. The molecule has 1 aliphatic heterocycles. The van der Waals surface area contributed by atoms with Gasteiger partial charge in [-0.05, 0) is 45.2 Å². The summed E-state index contributed by atoms with van der Waals surface area (Å²) in [6.07, 6.45) is 6.72. The lowest BCUT2D eigenvalue weighted by atomic mass is 9.89. The molecule has 1 saturated heterocycles. The van der Waals surface area contributed by atoms with Crippen molar-refractivity contribution in [3.05, 3.63) is 18.0 Å². The third kappa shape index (κ3) is 2.54. The van der Waals surface area contributed by atoms with Crippen LogP contribution in [-0.2, 0) is 0 Å². The summed E-state index contributed by atoms with van der Waals surface area (Å²) in [4.78, 5) is 2.46. The number of hydrogen-bond acceptors (Lipinski definition) is 2. The molecule has 96 valence electrons. The molecule has 3 nitrogen and oxygen atoms in total. The molecule has 0 saturated carbocycles. The number of likely N-dealkylation sites (tertiary alicyclic amines) is 1. The average molecular weight is 235 g/mol. The Hall–Kier alpha value is -0.830. The van der Waals surface area contributed by atoms with Crippen molar-refractivity contribution in [2.45, 2.75) is 58.0 Å². The first kappa shape index (κ1) is 12.6. The van der Waals surface area contributed by atoms with E-state index < -0.39 is 0 Å². The van der Waals surface area contributed by atoms with Crippen molar-refractivity contribution >= 4 is 0 Å². The van der Waals surface area contributed by atoms with Gasteiger partial charge >= 0.3 is 0 Å². The van der Waals surface area contributed by atoms with Crippen LogP contribution in [0.4, 0.5) is 0 Å². The first-order chi connectivity index (χ1) is 7.90. The quantitative estimate of drug-likeness (QED) is 0.785. The van der Waals surface area contributed by atoms with Gasteiger partial charge in [-0.15, -0.1) is 0 Å². The molecule has 2 rings (SSSR count). The maximum atomic E-state index is 4.53. The average Bonchev–Trinajstić information content (AvgIpc) is 2.71. The zero-order chi connectivity index (χ0) is 12.6. The zero-order valence-electron chi connectivity index (χ0n) is 11.8. The van der Waals surface area contributed by atoms with Gasteiger partial charge in [-0.2, -0.15) is 5.10 Å². The van der Waals surface area contributed by atoms with Crippen LogP contribution in [0.25, 0.3) is 0 Å². The van der Waals surface area contributed by atoms with Crippen LogP contribution in [0.5, 0.6) is 0 Å². The van der Waals surface area contributed by atoms with Crippen LogP contribution in [0.1, 0.15) is 58.1 Å². The van der Waals surface area contributed by atoms with E-state index >= 15 is 0 Å². The fourth-order valence-electron chi connectivity index (χ4n) is 2.43. The van der Waals surface area contributed by atoms with E-state index in [1.807, 2.05) is 6.20 Å². The Labute approximate surface area is 105 Å². The van der Waals surface area contributed by atoms with E-state index in [-0.39, 0.29) is 0 Å². The molecular weight excluding hydrogens is 210 g/mol. The molecule has 0 amide bonds. The molecule has 0 spiro atoms. The summed E-state index contributed by atoms with van der Waals surface area (Å²) in [6.45, 7) is 10.2. The van der Waals surface area contributed by atoms with Gasteiger partial charge in [0.05, 0.1) is 12.2 Å². The molecule has 1 aliphatic rings. The molecule has 0 N–H and O–H groups in total. The molecule has 0 radical (unpaired) electrons.